The largest absolute Gasteiger partial charge is 0.486 e. The lowest BCUT2D eigenvalue weighted by Crippen LogP contribution is -2.25. The number of nitrogens with zero attached hydrogens (tertiary/aromatic N) is 1. The Kier molecular flexibility index (Phi) is 3.69. The molecule has 72 valence electrons. The fourth-order valence-corrected chi connectivity index (χ4v) is 1.11. The van der Waals surface area contributed by atoms with E-state index in [4.69, 9.17) is 4.74 Å². The molecule has 1 heterocycles. The lowest BCUT2D eigenvalue weighted by molar-refractivity contribution is 0.0602. The molecule has 0 amide bonds. The normalized spacial score (nSPS) is 15.1. The molecule has 4 heteroatoms. The van der Waals surface area contributed by atoms with E-state index in [-0.39, 0.29) is 6.10 Å². The van der Waals surface area contributed by atoms with Gasteiger partial charge in [0.2, 0.25) is 0 Å². The van der Waals surface area contributed by atoms with E-state index in [1.54, 1.807) is 19.3 Å². The number of hydrogen-bond donors (Lipinski definition) is 1. The minimum atomic E-state index is -0.487. The highest BCUT2D eigenvalue weighted by atomic mass is 79.9. The van der Waals surface area contributed by atoms with Gasteiger partial charge in [0, 0.05) is 10.7 Å². The molecule has 0 aliphatic carbocycles. The molecule has 2 atom stereocenters. The van der Waals surface area contributed by atoms with Crippen LogP contribution in [0.1, 0.15) is 13.8 Å². The second-order valence-electron chi connectivity index (χ2n) is 2.90. The van der Waals surface area contributed by atoms with Crippen molar-refractivity contribution in [1.82, 2.24) is 4.98 Å². The molecule has 1 N–H and O–H groups in total. The van der Waals surface area contributed by atoms with E-state index in [1.165, 1.54) is 0 Å². The van der Waals surface area contributed by atoms with Gasteiger partial charge in [-0.05, 0) is 35.8 Å². The third-order valence-corrected chi connectivity index (χ3v) is 2.11. The fraction of sp³-hybridized carbons (Fsp3) is 0.444. The molecule has 0 fully saturated rings. The van der Waals surface area contributed by atoms with Gasteiger partial charge < -0.3 is 9.84 Å². The average molecular weight is 246 g/mol. The van der Waals surface area contributed by atoms with Crippen LogP contribution in [-0.4, -0.2) is 22.3 Å². The molecule has 0 saturated carbocycles. The molecule has 0 saturated heterocycles. The van der Waals surface area contributed by atoms with Gasteiger partial charge in [-0.25, -0.2) is 0 Å². The standard InChI is InChI=1S/C9H12BrNO2/c1-6(12)7(2)13-9-3-8(10)4-11-5-9/h3-7,12H,1-2H3. The van der Waals surface area contributed by atoms with Crippen LogP contribution in [0.5, 0.6) is 5.75 Å². The Morgan fingerprint density at radius 2 is 2.15 bits per heavy atom. The Labute approximate surface area is 85.9 Å². The van der Waals surface area contributed by atoms with Crippen LogP contribution in [0.15, 0.2) is 22.9 Å². The van der Waals surface area contributed by atoms with Gasteiger partial charge in [0.05, 0.1) is 12.3 Å². The summed E-state index contributed by atoms with van der Waals surface area (Å²) in [5, 5.41) is 9.19. The number of hydrogen-bond acceptors (Lipinski definition) is 3. The van der Waals surface area contributed by atoms with Crippen LogP contribution in [-0.2, 0) is 0 Å². The van der Waals surface area contributed by atoms with Crippen molar-refractivity contribution in [2.45, 2.75) is 26.1 Å². The van der Waals surface area contributed by atoms with Crippen LogP contribution in [0.4, 0.5) is 0 Å². The number of pyridine rings is 1. The summed E-state index contributed by atoms with van der Waals surface area (Å²) < 4.78 is 6.28. The van der Waals surface area contributed by atoms with Gasteiger partial charge in [0.25, 0.3) is 0 Å². The molecular weight excluding hydrogens is 234 g/mol. The molecule has 0 aromatic carbocycles. The summed E-state index contributed by atoms with van der Waals surface area (Å²) in [5.41, 5.74) is 0. The van der Waals surface area contributed by atoms with E-state index in [0.29, 0.717) is 5.75 Å². The van der Waals surface area contributed by atoms with Crippen LogP contribution in [0.3, 0.4) is 0 Å². The Balaban J connectivity index is 2.64. The van der Waals surface area contributed by atoms with Crippen LogP contribution < -0.4 is 4.74 Å². The molecule has 0 radical (unpaired) electrons. The first kappa shape index (κ1) is 10.5. The summed E-state index contributed by atoms with van der Waals surface area (Å²) in [6.45, 7) is 3.50. The highest BCUT2D eigenvalue weighted by Gasteiger charge is 2.10. The van der Waals surface area contributed by atoms with E-state index >= 15 is 0 Å². The predicted octanol–water partition coefficient (Wildman–Crippen LogP) is 1.99. The van der Waals surface area contributed by atoms with E-state index < -0.39 is 6.10 Å². The highest BCUT2D eigenvalue weighted by molar-refractivity contribution is 9.10. The van der Waals surface area contributed by atoms with Crippen molar-refractivity contribution in [1.29, 1.82) is 0 Å². The van der Waals surface area contributed by atoms with Gasteiger partial charge in [-0.2, -0.15) is 0 Å². The lowest BCUT2D eigenvalue weighted by Gasteiger charge is -2.16. The van der Waals surface area contributed by atoms with Crippen molar-refractivity contribution >= 4 is 15.9 Å². The minimum Gasteiger partial charge on any atom is -0.486 e. The summed E-state index contributed by atoms with van der Waals surface area (Å²) in [6.07, 6.45) is 2.58. The monoisotopic (exact) mass is 245 g/mol. The Hall–Kier alpha value is -0.610. The van der Waals surface area contributed by atoms with Gasteiger partial charge >= 0.3 is 0 Å². The van der Waals surface area contributed by atoms with Crippen molar-refractivity contribution in [2.24, 2.45) is 0 Å². The molecule has 0 aliphatic rings. The topological polar surface area (TPSA) is 42.4 Å². The summed E-state index contributed by atoms with van der Waals surface area (Å²) in [5.74, 6) is 0.655. The van der Waals surface area contributed by atoms with Gasteiger partial charge in [-0.15, -0.1) is 0 Å². The van der Waals surface area contributed by atoms with E-state index in [2.05, 4.69) is 20.9 Å². The molecule has 13 heavy (non-hydrogen) atoms. The number of aliphatic hydroxyl groups is 1. The molecule has 0 bridgehead atoms. The number of rotatable bonds is 3. The zero-order chi connectivity index (χ0) is 9.84. The van der Waals surface area contributed by atoms with E-state index in [1.807, 2.05) is 13.0 Å². The maximum absolute atomic E-state index is 9.19. The Morgan fingerprint density at radius 3 is 2.69 bits per heavy atom. The maximum Gasteiger partial charge on any atom is 0.139 e. The molecule has 0 spiro atoms. The second-order valence-corrected chi connectivity index (χ2v) is 3.82. The highest BCUT2D eigenvalue weighted by Crippen LogP contribution is 2.17. The summed E-state index contributed by atoms with van der Waals surface area (Å²) in [7, 11) is 0. The molecule has 1 aromatic rings. The van der Waals surface area contributed by atoms with E-state index in [9.17, 15) is 5.11 Å². The lowest BCUT2D eigenvalue weighted by atomic mass is 10.2. The molecule has 2 unspecified atom stereocenters. The van der Waals surface area contributed by atoms with Crippen molar-refractivity contribution < 1.29 is 9.84 Å². The van der Waals surface area contributed by atoms with Crippen LogP contribution in [0, 0.1) is 0 Å². The van der Waals surface area contributed by atoms with Crippen LogP contribution in [0.2, 0.25) is 0 Å². The van der Waals surface area contributed by atoms with E-state index in [0.717, 1.165) is 4.47 Å². The van der Waals surface area contributed by atoms with Gasteiger partial charge in [0.15, 0.2) is 0 Å². The van der Waals surface area contributed by atoms with Crippen molar-refractivity contribution in [3.63, 3.8) is 0 Å². The summed E-state index contributed by atoms with van der Waals surface area (Å²) in [6, 6.07) is 1.81. The number of halogens is 1. The minimum absolute atomic E-state index is 0.226. The predicted molar refractivity (Wildman–Crippen MR) is 53.7 cm³/mol. The first-order valence-corrected chi connectivity index (χ1v) is 4.84. The zero-order valence-electron chi connectivity index (χ0n) is 7.57. The summed E-state index contributed by atoms with van der Waals surface area (Å²) in [4.78, 5) is 3.94. The number of aromatic nitrogens is 1. The molecule has 1 aromatic heterocycles. The third kappa shape index (κ3) is 3.32. The van der Waals surface area contributed by atoms with Gasteiger partial charge in [-0.1, -0.05) is 0 Å². The quantitative estimate of drug-likeness (QED) is 0.886. The molecule has 0 aliphatic heterocycles. The SMILES string of the molecule is CC(O)C(C)Oc1cncc(Br)c1. The van der Waals surface area contributed by atoms with Crippen molar-refractivity contribution in [3.8, 4) is 5.75 Å². The Bertz CT molecular complexity index is 278. The molecule has 3 nitrogen and oxygen atoms in total. The zero-order valence-corrected chi connectivity index (χ0v) is 9.15. The Morgan fingerprint density at radius 1 is 1.46 bits per heavy atom. The van der Waals surface area contributed by atoms with Crippen LogP contribution in [0.25, 0.3) is 0 Å². The maximum atomic E-state index is 9.19. The van der Waals surface area contributed by atoms with Gasteiger partial charge in [0.1, 0.15) is 11.9 Å². The third-order valence-electron chi connectivity index (χ3n) is 1.68. The summed E-state index contributed by atoms with van der Waals surface area (Å²) >= 11 is 3.28. The van der Waals surface area contributed by atoms with Gasteiger partial charge in [-0.3, -0.25) is 4.98 Å². The van der Waals surface area contributed by atoms with Crippen molar-refractivity contribution in [2.75, 3.05) is 0 Å². The fourth-order valence-electron chi connectivity index (χ4n) is 0.770. The molecular formula is C9H12BrNO2. The second kappa shape index (κ2) is 4.58. The number of aliphatic hydroxyl groups excluding tert-OH is 1. The molecule has 1 rings (SSSR count). The first-order chi connectivity index (χ1) is 6.09. The van der Waals surface area contributed by atoms with Crippen molar-refractivity contribution in [3.05, 3.63) is 22.9 Å². The van der Waals surface area contributed by atoms with Crippen LogP contribution >= 0.6 is 15.9 Å². The smallest absolute Gasteiger partial charge is 0.139 e. The first-order valence-electron chi connectivity index (χ1n) is 4.05. The number of ether oxygens (including phenoxy) is 1. The average Bonchev–Trinajstić information content (AvgIpc) is 2.04.